The summed E-state index contributed by atoms with van der Waals surface area (Å²) in [4.78, 5) is 2.55. The predicted molar refractivity (Wildman–Crippen MR) is 101 cm³/mol. The van der Waals surface area contributed by atoms with Crippen molar-refractivity contribution in [3.63, 3.8) is 0 Å². The van der Waals surface area contributed by atoms with Crippen LogP contribution in [0.15, 0.2) is 48.9 Å². The summed E-state index contributed by atoms with van der Waals surface area (Å²) < 4.78 is 3.73. The molecular weight excluding hydrogens is 324 g/mol. The Morgan fingerprint density at radius 1 is 1.04 bits per heavy atom. The normalized spacial score (nSPS) is 15.6. The van der Waals surface area contributed by atoms with Gasteiger partial charge in [0.15, 0.2) is 0 Å². The van der Waals surface area contributed by atoms with E-state index < -0.39 is 0 Å². The van der Waals surface area contributed by atoms with Crippen molar-refractivity contribution in [1.82, 2.24) is 29.7 Å². The fourth-order valence-electron chi connectivity index (χ4n) is 3.83. The minimum Gasteiger partial charge on any atom is -0.290 e. The zero-order valence-electron chi connectivity index (χ0n) is 15.3. The van der Waals surface area contributed by atoms with Crippen molar-refractivity contribution < 1.29 is 0 Å². The molecule has 26 heavy (non-hydrogen) atoms. The molecule has 2 heterocycles. The Kier molecular flexibility index (Phi) is 5.11. The van der Waals surface area contributed by atoms with E-state index in [1.165, 1.54) is 37.7 Å². The van der Waals surface area contributed by atoms with E-state index in [9.17, 15) is 0 Å². The van der Waals surface area contributed by atoms with Gasteiger partial charge in [-0.05, 0) is 25.0 Å². The van der Waals surface area contributed by atoms with Gasteiger partial charge in [-0.25, -0.2) is 4.68 Å². The Morgan fingerprint density at radius 3 is 2.58 bits per heavy atom. The van der Waals surface area contributed by atoms with Gasteiger partial charge in [0.1, 0.15) is 0 Å². The van der Waals surface area contributed by atoms with E-state index in [-0.39, 0.29) is 0 Å². The molecule has 0 aliphatic heterocycles. The molecule has 1 aliphatic rings. The molecule has 1 aromatic carbocycles. The van der Waals surface area contributed by atoms with E-state index in [1.807, 2.05) is 52.9 Å². The minimum atomic E-state index is 0.617. The number of rotatable bonds is 6. The standard InChI is InChI=1S/C20H26N6/c1-24-13-17(12-21-24)14-25(19-8-4-2-5-9-19)15-18-16-26(23-22-18)20-10-6-3-7-11-20/h3,6-7,10-13,16,19H,2,4-5,8-9,14-15H2,1H3. The lowest BCUT2D eigenvalue weighted by Crippen LogP contribution is -2.35. The van der Waals surface area contributed by atoms with Crippen molar-refractivity contribution in [3.8, 4) is 5.69 Å². The Hall–Kier alpha value is -2.47. The lowest BCUT2D eigenvalue weighted by molar-refractivity contribution is 0.138. The lowest BCUT2D eigenvalue weighted by Gasteiger charge is -2.33. The van der Waals surface area contributed by atoms with Crippen molar-refractivity contribution >= 4 is 0 Å². The molecular formula is C20H26N6. The fourth-order valence-corrected chi connectivity index (χ4v) is 3.83. The average molecular weight is 350 g/mol. The number of para-hydroxylation sites is 1. The Labute approximate surface area is 154 Å². The van der Waals surface area contributed by atoms with Gasteiger partial charge >= 0.3 is 0 Å². The van der Waals surface area contributed by atoms with E-state index in [0.29, 0.717) is 6.04 Å². The van der Waals surface area contributed by atoms with Crippen LogP contribution in [0.1, 0.15) is 43.4 Å². The second kappa shape index (κ2) is 7.83. The summed E-state index contributed by atoms with van der Waals surface area (Å²) in [6, 6.07) is 10.8. The van der Waals surface area contributed by atoms with Gasteiger partial charge in [0.25, 0.3) is 0 Å². The van der Waals surface area contributed by atoms with Gasteiger partial charge in [0, 0.05) is 37.9 Å². The van der Waals surface area contributed by atoms with Gasteiger partial charge in [0.05, 0.1) is 23.8 Å². The largest absolute Gasteiger partial charge is 0.290 e. The highest BCUT2D eigenvalue weighted by Gasteiger charge is 2.23. The highest BCUT2D eigenvalue weighted by atomic mass is 15.4. The third kappa shape index (κ3) is 4.02. The third-order valence-electron chi connectivity index (χ3n) is 5.16. The Balaban J connectivity index is 1.51. The molecule has 3 aromatic rings. The van der Waals surface area contributed by atoms with Crippen molar-refractivity contribution in [1.29, 1.82) is 0 Å². The zero-order chi connectivity index (χ0) is 17.8. The molecule has 0 amide bonds. The maximum atomic E-state index is 4.42. The monoisotopic (exact) mass is 350 g/mol. The van der Waals surface area contributed by atoms with Crippen molar-refractivity contribution in [3.05, 3.63) is 60.2 Å². The molecule has 0 spiro atoms. The number of nitrogens with zero attached hydrogens (tertiary/aromatic N) is 6. The smallest absolute Gasteiger partial charge is 0.0972 e. The van der Waals surface area contributed by atoms with Gasteiger partial charge in [0.2, 0.25) is 0 Å². The van der Waals surface area contributed by atoms with Gasteiger partial charge in [-0.3, -0.25) is 9.58 Å². The molecule has 1 fully saturated rings. The first kappa shape index (κ1) is 17.0. The van der Waals surface area contributed by atoms with Crippen LogP contribution in [-0.2, 0) is 20.1 Å². The second-order valence-corrected chi connectivity index (χ2v) is 7.21. The highest BCUT2D eigenvalue weighted by molar-refractivity contribution is 5.29. The molecule has 0 atom stereocenters. The van der Waals surface area contributed by atoms with Gasteiger partial charge < -0.3 is 0 Å². The van der Waals surface area contributed by atoms with Crippen molar-refractivity contribution in [2.24, 2.45) is 7.05 Å². The first-order chi connectivity index (χ1) is 12.8. The Morgan fingerprint density at radius 2 is 1.85 bits per heavy atom. The molecule has 6 heteroatoms. The maximum Gasteiger partial charge on any atom is 0.0972 e. The summed E-state index contributed by atoms with van der Waals surface area (Å²) >= 11 is 0. The van der Waals surface area contributed by atoms with E-state index in [4.69, 9.17) is 0 Å². The summed E-state index contributed by atoms with van der Waals surface area (Å²) in [5, 5.41) is 13.1. The molecule has 2 aromatic heterocycles. The molecule has 0 unspecified atom stereocenters. The lowest BCUT2D eigenvalue weighted by atomic mass is 9.94. The van der Waals surface area contributed by atoms with Crippen LogP contribution in [0.25, 0.3) is 5.69 Å². The number of hydrogen-bond donors (Lipinski definition) is 0. The summed E-state index contributed by atoms with van der Waals surface area (Å²) in [5.41, 5.74) is 3.32. The first-order valence-electron chi connectivity index (χ1n) is 9.46. The van der Waals surface area contributed by atoms with Gasteiger partial charge in [-0.2, -0.15) is 5.10 Å². The van der Waals surface area contributed by atoms with Crippen LogP contribution >= 0.6 is 0 Å². The topological polar surface area (TPSA) is 51.8 Å². The van der Waals surface area contributed by atoms with Crippen LogP contribution in [0.2, 0.25) is 0 Å². The quantitative estimate of drug-likeness (QED) is 0.684. The van der Waals surface area contributed by atoms with Gasteiger partial charge in [-0.1, -0.05) is 42.7 Å². The fraction of sp³-hybridized carbons (Fsp3) is 0.450. The summed E-state index contributed by atoms with van der Waals surface area (Å²) in [6.45, 7) is 1.74. The van der Waals surface area contributed by atoms with E-state index in [2.05, 4.69) is 32.7 Å². The number of aryl methyl sites for hydroxylation is 1. The van der Waals surface area contributed by atoms with Crippen molar-refractivity contribution in [2.45, 2.75) is 51.2 Å². The number of aromatic nitrogens is 5. The van der Waals surface area contributed by atoms with Gasteiger partial charge in [-0.15, -0.1) is 5.10 Å². The van der Waals surface area contributed by atoms with Crippen LogP contribution in [-0.4, -0.2) is 35.7 Å². The van der Waals surface area contributed by atoms with Crippen molar-refractivity contribution in [2.75, 3.05) is 0 Å². The summed E-state index contributed by atoms with van der Waals surface area (Å²) in [7, 11) is 1.97. The molecule has 6 nitrogen and oxygen atoms in total. The number of benzene rings is 1. The van der Waals surface area contributed by atoms with Crippen LogP contribution in [0.3, 0.4) is 0 Å². The molecule has 1 saturated carbocycles. The van der Waals surface area contributed by atoms with E-state index in [1.54, 1.807) is 0 Å². The molecule has 0 N–H and O–H groups in total. The zero-order valence-corrected chi connectivity index (χ0v) is 15.3. The third-order valence-corrected chi connectivity index (χ3v) is 5.16. The minimum absolute atomic E-state index is 0.617. The average Bonchev–Trinajstić information content (AvgIpc) is 3.32. The van der Waals surface area contributed by atoms with E-state index in [0.717, 1.165) is 24.5 Å². The highest BCUT2D eigenvalue weighted by Crippen LogP contribution is 2.25. The summed E-state index contributed by atoms with van der Waals surface area (Å²) in [6.07, 6.45) is 12.7. The molecule has 0 bridgehead atoms. The SMILES string of the molecule is Cn1cc(CN(Cc2cn(-c3ccccc3)nn2)C2CCCCC2)cn1. The van der Waals surface area contributed by atoms with Crippen LogP contribution < -0.4 is 0 Å². The molecule has 4 rings (SSSR count). The van der Waals surface area contributed by atoms with Crippen LogP contribution in [0.4, 0.5) is 0 Å². The maximum absolute atomic E-state index is 4.42. The summed E-state index contributed by atoms with van der Waals surface area (Å²) in [5.74, 6) is 0. The van der Waals surface area contributed by atoms with Crippen LogP contribution in [0, 0.1) is 0 Å². The number of hydrogen-bond acceptors (Lipinski definition) is 4. The van der Waals surface area contributed by atoms with E-state index >= 15 is 0 Å². The molecule has 0 radical (unpaired) electrons. The molecule has 1 aliphatic carbocycles. The second-order valence-electron chi connectivity index (χ2n) is 7.21. The van der Waals surface area contributed by atoms with Crippen LogP contribution in [0.5, 0.6) is 0 Å². The Bertz CT molecular complexity index is 816. The predicted octanol–water partition coefficient (Wildman–Crippen LogP) is 3.34. The molecule has 0 saturated heterocycles. The first-order valence-corrected chi connectivity index (χ1v) is 9.46. The molecule has 136 valence electrons.